The fourth-order valence-electron chi connectivity index (χ4n) is 2.56. The van der Waals surface area contributed by atoms with Gasteiger partial charge in [0.15, 0.2) is 11.5 Å². The summed E-state index contributed by atoms with van der Waals surface area (Å²) < 4.78 is 4.68. The van der Waals surface area contributed by atoms with Crippen LogP contribution in [0.25, 0.3) is 11.2 Å². The SMILES string of the molecule is COC(=O)N1CCC(NC(=O)Nc2cnc3[nH]ccc3n2)CC1. The Balaban J connectivity index is 1.51. The predicted molar refractivity (Wildman–Crippen MR) is 83.0 cm³/mol. The molecular weight excluding hydrogens is 300 g/mol. The number of hydrogen-bond acceptors (Lipinski definition) is 5. The molecule has 0 atom stereocenters. The summed E-state index contributed by atoms with van der Waals surface area (Å²) in [6, 6.07) is 1.47. The summed E-state index contributed by atoms with van der Waals surface area (Å²) >= 11 is 0. The van der Waals surface area contributed by atoms with Crippen molar-refractivity contribution in [3.8, 4) is 0 Å². The van der Waals surface area contributed by atoms with Crippen molar-refractivity contribution < 1.29 is 14.3 Å². The Morgan fingerprint density at radius 3 is 2.91 bits per heavy atom. The zero-order valence-corrected chi connectivity index (χ0v) is 12.7. The molecule has 3 amide bonds. The van der Waals surface area contributed by atoms with Crippen LogP contribution in [0.15, 0.2) is 18.5 Å². The van der Waals surface area contributed by atoms with E-state index < -0.39 is 0 Å². The van der Waals surface area contributed by atoms with Gasteiger partial charge in [0.05, 0.1) is 13.3 Å². The van der Waals surface area contributed by atoms with Crippen LogP contribution in [0.3, 0.4) is 0 Å². The third-order valence-corrected chi connectivity index (χ3v) is 3.77. The van der Waals surface area contributed by atoms with E-state index in [1.165, 1.54) is 13.3 Å². The minimum Gasteiger partial charge on any atom is -0.453 e. The maximum Gasteiger partial charge on any atom is 0.409 e. The van der Waals surface area contributed by atoms with Crippen LogP contribution in [0.1, 0.15) is 12.8 Å². The Bertz CT molecular complexity index is 707. The van der Waals surface area contributed by atoms with E-state index in [0.717, 1.165) is 0 Å². The van der Waals surface area contributed by atoms with Gasteiger partial charge in [-0.25, -0.2) is 19.6 Å². The highest BCUT2D eigenvalue weighted by molar-refractivity contribution is 5.89. The topological polar surface area (TPSA) is 112 Å². The Kier molecular flexibility index (Phi) is 4.26. The van der Waals surface area contributed by atoms with Gasteiger partial charge in [0.1, 0.15) is 5.52 Å². The molecule has 0 saturated carbocycles. The van der Waals surface area contributed by atoms with Gasteiger partial charge in [-0.05, 0) is 18.9 Å². The Labute approximate surface area is 132 Å². The number of amides is 3. The van der Waals surface area contributed by atoms with Crippen LogP contribution >= 0.6 is 0 Å². The number of carbonyl (C=O) groups excluding carboxylic acids is 2. The van der Waals surface area contributed by atoms with Crippen molar-refractivity contribution >= 4 is 29.1 Å². The Morgan fingerprint density at radius 2 is 2.17 bits per heavy atom. The number of carbonyl (C=O) groups is 2. The number of nitrogens with one attached hydrogen (secondary N) is 3. The Morgan fingerprint density at radius 1 is 1.39 bits per heavy atom. The van der Waals surface area contributed by atoms with Crippen molar-refractivity contribution in [3.05, 3.63) is 18.5 Å². The zero-order chi connectivity index (χ0) is 16.2. The monoisotopic (exact) mass is 318 g/mol. The average Bonchev–Trinajstić information content (AvgIpc) is 3.02. The van der Waals surface area contributed by atoms with E-state index in [1.807, 2.05) is 0 Å². The molecular formula is C14H18N6O3. The first kappa shape index (κ1) is 15.1. The van der Waals surface area contributed by atoms with Crippen LogP contribution in [-0.4, -0.2) is 58.2 Å². The number of nitrogens with zero attached hydrogens (tertiary/aromatic N) is 3. The normalized spacial score (nSPS) is 15.4. The molecule has 2 aromatic heterocycles. The van der Waals surface area contributed by atoms with Crippen LogP contribution < -0.4 is 10.6 Å². The highest BCUT2D eigenvalue weighted by Gasteiger charge is 2.24. The van der Waals surface area contributed by atoms with Crippen LogP contribution in [0.4, 0.5) is 15.4 Å². The van der Waals surface area contributed by atoms with E-state index in [1.54, 1.807) is 17.2 Å². The number of rotatable bonds is 2. The molecule has 1 aliphatic heterocycles. The maximum absolute atomic E-state index is 12.0. The fraction of sp³-hybridized carbons (Fsp3) is 0.429. The molecule has 1 fully saturated rings. The molecule has 0 bridgehead atoms. The molecule has 0 aliphatic carbocycles. The molecule has 9 nitrogen and oxygen atoms in total. The molecule has 3 rings (SSSR count). The standard InChI is InChI=1S/C14H18N6O3/c1-23-14(22)20-6-3-9(4-7-20)17-13(21)19-11-8-16-12-10(18-11)2-5-15-12/h2,5,8-9H,3-4,6-7H2,1H3,(H,15,16)(H2,17,18,19,21). The number of fused-ring (bicyclic) bond motifs is 1. The second-order valence-electron chi connectivity index (χ2n) is 5.30. The minimum absolute atomic E-state index is 0.0138. The lowest BCUT2D eigenvalue weighted by molar-refractivity contribution is 0.110. The second-order valence-corrected chi connectivity index (χ2v) is 5.30. The van der Waals surface area contributed by atoms with Crippen LogP contribution in [-0.2, 0) is 4.74 Å². The lowest BCUT2D eigenvalue weighted by Crippen LogP contribution is -2.47. The lowest BCUT2D eigenvalue weighted by atomic mass is 10.1. The summed E-state index contributed by atoms with van der Waals surface area (Å²) in [6.07, 6.45) is 4.28. The predicted octanol–water partition coefficient (Wildman–Crippen LogP) is 1.31. The van der Waals surface area contributed by atoms with Gasteiger partial charge in [0.2, 0.25) is 0 Å². The summed E-state index contributed by atoms with van der Waals surface area (Å²) in [5, 5.41) is 5.56. The first-order valence-corrected chi connectivity index (χ1v) is 7.36. The van der Waals surface area contributed by atoms with E-state index in [0.29, 0.717) is 42.9 Å². The summed E-state index contributed by atoms with van der Waals surface area (Å²) in [5.41, 5.74) is 1.36. The van der Waals surface area contributed by atoms with Crippen LogP contribution in [0.5, 0.6) is 0 Å². The summed E-state index contributed by atoms with van der Waals surface area (Å²) in [5.74, 6) is 0.390. The number of aromatic nitrogens is 3. The van der Waals surface area contributed by atoms with Crippen LogP contribution in [0.2, 0.25) is 0 Å². The molecule has 0 aromatic carbocycles. The van der Waals surface area contributed by atoms with Gasteiger partial charge in [-0.2, -0.15) is 0 Å². The van der Waals surface area contributed by atoms with Gasteiger partial charge in [-0.1, -0.05) is 0 Å². The first-order valence-electron chi connectivity index (χ1n) is 7.36. The molecule has 0 unspecified atom stereocenters. The quantitative estimate of drug-likeness (QED) is 0.773. The largest absolute Gasteiger partial charge is 0.453 e. The van der Waals surface area contributed by atoms with Crippen molar-refractivity contribution in [3.63, 3.8) is 0 Å². The highest BCUT2D eigenvalue weighted by Crippen LogP contribution is 2.12. The number of likely N-dealkylation sites (tertiary alicyclic amines) is 1. The average molecular weight is 318 g/mol. The molecule has 0 spiro atoms. The van der Waals surface area contributed by atoms with Crippen molar-refractivity contribution in [2.75, 3.05) is 25.5 Å². The van der Waals surface area contributed by atoms with Gasteiger partial charge >= 0.3 is 12.1 Å². The van der Waals surface area contributed by atoms with Gasteiger partial charge in [-0.3, -0.25) is 5.32 Å². The van der Waals surface area contributed by atoms with Crippen molar-refractivity contribution in [2.24, 2.45) is 0 Å². The van der Waals surface area contributed by atoms with Gasteiger partial charge in [0, 0.05) is 25.3 Å². The summed E-state index contributed by atoms with van der Waals surface area (Å²) in [6.45, 7) is 1.12. The Hall–Kier alpha value is -2.84. The maximum atomic E-state index is 12.0. The highest BCUT2D eigenvalue weighted by atomic mass is 16.5. The first-order chi connectivity index (χ1) is 11.2. The molecule has 0 radical (unpaired) electrons. The number of ether oxygens (including phenoxy) is 1. The number of methoxy groups -OCH3 is 1. The summed E-state index contributed by atoms with van der Waals surface area (Å²) in [4.78, 5) is 36.4. The molecule has 2 aromatic rings. The lowest BCUT2D eigenvalue weighted by Gasteiger charge is -2.31. The van der Waals surface area contributed by atoms with Crippen molar-refractivity contribution in [1.29, 1.82) is 0 Å². The number of hydrogen-bond donors (Lipinski definition) is 3. The van der Waals surface area contributed by atoms with Crippen molar-refractivity contribution in [1.82, 2.24) is 25.2 Å². The second kappa shape index (κ2) is 6.51. The minimum atomic E-state index is -0.331. The number of anilines is 1. The molecule has 9 heteroatoms. The zero-order valence-electron chi connectivity index (χ0n) is 12.7. The molecule has 3 N–H and O–H groups in total. The number of urea groups is 1. The van der Waals surface area contributed by atoms with Crippen LogP contribution in [0, 0.1) is 0 Å². The van der Waals surface area contributed by atoms with E-state index in [4.69, 9.17) is 0 Å². The van der Waals surface area contributed by atoms with E-state index >= 15 is 0 Å². The molecule has 1 aliphatic rings. The number of aromatic amines is 1. The van der Waals surface area contributed by atoms with Gasteiger partial charge in [0.25, 0.3) is 0 Å². The van der Waals surface area contributed by atoms with Gasteiger partial charge < -0.3 is 19.9 Å². The third-order valence-electron chi connectivity index (χ3n) is 3.77. The molecule has 1 saturated heterocycles. The van der Waals surface area contributed by atoms with Gasteiger partial charge in [-0.15, -0.1) is 0 Å². The van der Waals surface area contributed by atoms with Crippen molar-refractivity contribution in [2.45, 2.75) is 18.9 Å². The van der Waals surface area contributed by atoms with E-state index in [2.05, 4.69) is 30.3 Å². The number of piperidine rings is 1. The van der Waals surface area contributed by atoms with E-state index in [-0.39, 0.29) is 18.2 Å². The number of H-pyrrole nitrogens is 1. The molecule has 3 heterocycles. The van der Waals surface area contributed by atoms with E-state index in [9.17, 15) is 9.59 Å². The summed E-state index contributed by atoms with van der Waals surface area (Å²) in [7, 11) is 1.36. The molecule has 122 valence electrons. The fourth-order valence-corrected chi connectivity index (χ4v) is 2.56. The smallest absolute Gasteiger partial charge is 0.409 e. The third kappa shape index (κ3) is 3.50. The molecule has 23 heavy (non-hydrogen) atoms.